The first kappa shape index (κ1) is 25.5. The number of hydrogen-bond donors (Lipinski definition) is 3. The number of thioether (sulfide) groups is 1. The molecule has 0 saturated carbocycles. The van der Waals surface area contributed by atoms with Gasteiger partial charge in [0.2, 0.25) is 5.91 Å². The van der Waals surface area contributed by atoms with Crippen LogP contribution in [0.25, 0.3) is 0 Å². The van der Waals surface area contributed by atoms with E-state index in [1.54, 1.807) is 18.8 Å². The highest BCUT2D eigenvalue weighted by Gasteiger charge is 2.18. The minimum atomic E-state index is -0.528. The molecule has 0 aromatic carbocycles. The second-order valence-corrected chi connectivity index (χ2v) is 8.06. The fourth-order valence-electron chi connectivity index (χ4n) is 2.36. The molecular weight excluding hydrogens is 358 g/mol. The number of hydrazine groups is 1. The summed E-state index contributed by atoms with van der Waals surface area (Å²) in [6.07, 6.45) is 11.2. The molecule has 0 bridgehead atoms. The predicted molar refractivity (Wildman–Crippen MR) is 118 cm³/mol. The molecule has 0 unspecified atom stereocenters. The molecule has 0 fully saturated rings. The summed E-state index contributed by atoms with van der Waals surface area (Å²) in [6, 6.07) is -0.528. The Morgan fingerprint density at radius 3 is 2.07 bits per heavy atom. The van der Waals surface area contributed by atoms with Crippen molar-refractivity contribution in [3.63, 3.8) is 0 Å². The lowest BCUT2D eigenvalue weighted by molar-refractivity contribution is -0.128. The lowest BCUT2D eigenvalue weighted by atomic mass is 10.1. The third-order valence-electron chi connectivity index (χ3n) is 3.90. The molecule has 0 spiro atoms. The van der Waals surface area contributed by atoms with Gasteiger partial charge in [-0.25, -0.2) is 5.43 Å². The van der Waals surface area contributed by atoms with E-state index in [1.165, 1.54) is 23.6 Å². The van der Waals surface area contributed by atoms with E-state index in [1.807, 2.05) is 0 Å². The molecule has 5 nitrogen and oxygen atoms in total. The van der Waals surface area contributed by atoms with Gasteiger partial charge in [0, 0.05) is 25.5 Å². The molecule has 6 heteroatoms. The number of allylic oxidation sites excluding steroid dienone is 5. The summed E-state index contributed by atoms with van der Waals surface area (Å²) in [4.78, 5) is 23.1. The maximum absolute atomic E-state index is 11.9. The molecule has 154 valence electrons. The highest BCUT2D eigenvalue weighted by molar-refractivity contribution is 7.99. The van der Waals surface area contributed by atoms with Crippen molar-refractivity contribution in [1.29, 1.82) is 0 Å². The van der Waals surface area contributed by atoms with Crippen LogP contribution in [0.5, 0.6) is 0 Å². The van der Waals surface area contributed by atoms with Crippen LogP contribution in [0.2, 0.25) is 0 Å². The number of carbonyl (C=O) groups is 2. The normalized spacial score (nSPS) is 13.1. The molecule has 1 atom stereocenters. The largest absolute Gasteiger partial charge is 0.344 e. The van der Waals surface area contributed by atoms with E-state index in [0.29, 0.717) is 5.75 Å². The van der Waals surface area contributed by atoms with Crippen molar-refractivity contribution >= 4 is 23.6 Å². The van der Waals surface area contributed by atoms with Crippen molar-refractivity contribution in [2.75, 3.05) is 18.6 Å². The Bertz CT molecular complexity index is 550. The number of amides is 2. The smallest absolute Gasteiger partial charge is 0.257 e. The first-order valence-electron chi connectivity index (χ1n) is 9.52. The molecule has 0 aromatic rings. The van der Waals surface area contributed by atoms with Gasteiger partial charge in [-0.3, -0.25) is 15.0 Å². The van der Waals surface area contributed by atoms with Crippen molar-refractivity contribution in [2.24, 2.45) is 0 Å². The van der Waals surface area contributed by atoms with E-state index in [-0.39, 0.29) is 11.8 Å². The van der Waals surface area contributed by atoms with Crippen LogP contribution in [0, 0.1) is 0 Å². The Balaban J connectivity index is 4.20. The average Bonchev–Trinajstić information content (AvgIpc) is 2.57. The van der Waals surface area contributed by atoms with Crippen molar-refractivity contribution in [3.05, 3.63) is 34.9 Å². The summed E-state index contributed by atoms with van der Waals surface area (Å²) in [7, 11) is 1.62. The zero-order valence-corrected chi connectivity index (χ0v) is 18.6. The van der Waals surface area contributed by atoms with Crippen LogP contribution in [-0.2, 0) is 9.59 Å². The molecule has 0 saturated heterocycles. The molecular formula is C21H37N3O2S. The van der Waals surface area contributed by atoms with E-state index in [9.17, 15) is 9.59 Å². The highest BCUT2D eigenvalue weighted by atomic mass is 32.2. The molecule has 3 N–H and O–H groups in total. The second kappa shape index (κ2) is 15.5. The summed E-state index contributed by atoms with van der Waals surface area (Å²) in [5.41, 5.74) is 9.30. The topological polar surface area (TPSA) is 70.2 Å². The van der Waals surface area contributed by atoms with Gasteiger partial charge in [0.1, 0.15) is 6.04 Å². The Labute approximate surface area is 169 Å². The first-order valence-corrected chi connectivity index (χ1v) is 10.7. The zero-order chi connectivity index (χ0) is 20.7. The van der Waals surface area contributed by atoms with Crippen molar-refractivity contribution in [2.45, 2.75) is 66.3 Å². The van der Waals surface area contributed by atoms with Gasteiger partial charge in [-0.1, -0.05) is 34.9 Å². The number of rotatable bonds is 13. The minimum absolute atomic E-state index is 0.203. The molecule has 0 rings (SSSR count). The minimum Gasteiger partial charge on any atom is -0.344 e. The van der Waals surface area contributed by atoms with Gasteiger partial charge in [0.15, 0.2) is 0 Å². The van der Waals surface area contributed by atoms with E-state index >= 15 is 0 Å². The summed E-state index contributed by atoms with van der Waals surface area (Å²) < 4.78 is 0. The van der Waals surface area contributed by atoms with Crippen LogP contribution in [0.1, 0.15) is 60.3 Å². The maximum atomic E-state index is 11.9. The van der Waals surface area contributed by atoms with E-state index in [2.05, 4.69) is 62.1 Å². The molecule has 2 amide bonds. The van der Waals surface area contributed by atoms with Crippen molar-refractivity contribution in [1.82, 2.24) is 16.2 Å². The van der Waals surface area contributed by atoms with Crippen LogP contribution in [-0.4, -0.2) is 36.4 Å². The van der Waals surface area contributed by atoms with Gasteiger partial charge in [-0.15, -0.1) is 0 Å². The molecule has 0 aliphatic carbocycles. The quantitative estimate of drug-likeness (QED) is 0.251. The fourth-order valence-corrected chi connectivity index (χ4v) is 3.37. The molecule has 27 heavy (non-hydrogen) atoms. The van der Waals surface area contributed by atoms with Gasteiger partial charge >= 0.3 is 0 Å². The monoisotopic (exact) mass is 395 g/mol. The van der Waals surface area contributed by atoms with Crippen molar-refractivity contribution in [3.8, 4) is 0 Å². The Morgan fingerprint density at radius 2 is 1.52 bits per heavy atom. The predicted octanol–water partition coefficient (Wildman–Crippen LogP) is 3.89. The average molecular weight is 396 g/mol. The molecule has 0 aliphatic rings. The third-order valence-corrected chi connectivity index (χ3v) is 4.87. The molecule has 0 heterocycles. The van der Waals surface area contributed by atoms with Crippen molar-refractivity contribution < 1.29 is 9.59 Å². The number of hydrogen-bond acceptors (Lipinski definition) is 4. The Morgan fingerprint density at radius 1 is 0.926 bits per heavy atom. The van der Waals surface area contributed by atoms with Gasteiger partial charge in [0.25, 0.3) is 5.91 Å². The SMILES string of the molecule is CNNC(=O)[C@H](CSC/C=C(\C)CC/C=C(\C)CCC=C(C)C)NC(C)=O. The van der Waals surface area contributed by atoms with Gasteiger partial charge in [-0.2, -0.15) is 11.8 Å². The standard InChI is InChI=1S/C21H37N3O2S/c1-16(2)9-7-10-17(3)11-8-12-18(4)13-14-27-15-20(23-19(5)25)21(26)24-22-6/h9,11,13,20,22H,7-8,10,12,14-15H2,1-6H3,(H,23,25)(H,24,26)/b17-11+,18-13+/t20-/m0/s1. The molecule has 0 aromatic heterocycles. The Hall–Kier alpha value is -1.53. The lowest BCUT2D eigenvalue weighted by Gasteiger charge is -2.16. The van der Waals surface area contributed by atoms with Gasteiger partial charge in [0.05, 0.1) is 0 Å². The van der Waals surface area contributed by atoms with E-state index in [4.69, 9.17) is 0 Å². The first-order chi connectivity index (χ1) is 12.8. The lowest BCUT2D eigenvalue weighted by Crippen LogP contribution is -2.50. The molecule has 0 radical (unpaired) electrons. The van der Waals surface area contributed by atoms with E-state index in [0.717, 1.165) is 31.4 Å². The molecule has 0 aliphatic heterocycles. The fraction of sp³-hybridized carbons (Fsp3) is 0.619. The van der Waals surface area contributed by atoms with Crippen LogP contribution < -0.4 is 16.2 Å². The summed E-state index contributed by atoms with van der Waals surface area (Å²) in [5, 5.41) is 2.68. The van der Waals surface area contributed by atoms with Crippen LogP contribution in [0.15, 0.2) is 34.9 Å². The summed E-state index contributed by atoms with van der Waals surface area (Å²) in [5.74, 6) is 0.943. The van der Waals surface area contributed by atoms with Gasteiger partial charge in [-0.05, 0) is 53.4 Å². The van der Waals surface area contributed by atoms with Crippen LogP contribution in [0.3, 0.4) is 0 Å². The van der Waals surface area contributed by atoms with Gasteiger partial charge < -0.3 is 5.32 Å². The number of carbonyl (C=O) groups excluding carboxylic acids is 2. The summed E-state index contributed by atoms with van der Waals surface area (Å²) >= 11 is 1.64. The second-order valence-electron chi connectivity index (χ2n) is 6.99. The Kier molecular flexibility index (Phi) is 14.6. The van der Waals surface area contributed by atoms with E-state index < -0.39 is 6.04 Å². The van der Waals surface area contributed by atoms with Crippen LogP contribution in [0.4, 0.5) is 0 Å². The highest BCUT2D eigenvalue weighted by Crippen LogP contribution is 2.13. The zero-order valence-electron chi connectivity index (χ0n) is 17.8. The third kappa shape index (κ3) is 15.2. The summed E-state index contributed by atoms with van der Waals surface area (Å²) in [6.45, 7) is 10.0. The van der Waals surface area contributed by atoms with Crippen LogP contribution >= 0.6 is 11.8 Å². The number of nitrogens with one attached hydrogen (secondary N) is 3. The maximum Gasteiger partial charge on any atom is 0.257 e.